The number of aromatic hydroxyl groups is 2. The van der Waals surface area contributed by atoms with Crippen LogP contribution in [-0.2, 0) is 25.5 Å². The number of amides is 2. The lowest BCUT2D eigenvalue weighted by molar-refractivity contribution is -0.152. The molecule has 2 rings (SSSR count). The minimum atomic E-state index is -1.36. The monoisotopic (exact) mass is 336 g/mol. The molecule has 1 aliphatic rings. The molecule has 0 bridgehead atoms. The average molecular weight is 336 g/mol. The van der Waals surface area contributed by atoms with E-state index in [0.717, 1.165) is 4.90 Å². The fraction of sp³-hybridized carbons (Fsp3) is 0.438. The molecule has 1 aromatic carbocycles. The second-order valence-electron chi connectivity index (χ2n) is 5.99. The molecule has 0 spiro atoms. The van der Waals surface area contributed by atoms with Gasteiger partial charge < -0.3 is 20.7 Å². The summed E-state index contributed by atoms with van der Waals surface area (Å²) in [6, 6.07) is 4.15. The molecule has 1 aliphatic heterocycles. The Hall–Kier alpha value is -2.61. The summed E-state index contributed by atoms with van der Waals surface area (Å²) in [6.07, 6.45) is 0.457. The summed E-state index contributed by atoms with van der Waals surface area (Å²) in [5, 5.41) is 18.8. The molecule has 1 fully saturated rings. The van der Waals surface area contributed by atoms with Gasteiger partial charge in [0.2, 0.25) is 11.8 Å². The Bertz CT molecular complexity index is 655. The minimum Gasteiger partial charge on any atom is -0.504 e. The summed E-state index contributed by atoms with van der Waals surface area (Å²) in [4.78, 5) is 36.1. The third-order valence-electron chi connectivity index (χ3n) is 3.78. The van der Waals surface area contributed by atoms with Crippen molar-refractivity contribution < 1.29 is 29.3 Å². The van der Waals surface area contributed by atoms with Crippen LogP contribution in [0.2, 0.25) is 0 Å². The minimum absolute atomic E-state index is 0.0134. The maximum absolute atomic E-state index is 12.1. The van der Waals surface area contributed by atoms with Crippen LogP contribution in [0.4, 0.5) is 0 Å². The van der Waals surface area contributed by atoms with Crippen molar-refractivity contribution in [1.82, 2.24) is 4.90 Å². The summed E-state index contributed by atoms with van der Waals surface area (Å²) in [7, 11) is 0. The number of nitrogens with two attached hydrogens (primary N) is 1. The van der Waals surface area contributed by atoms with Gasteiger partial charge in [0.1, 0.15) is 12.1 Å². The second kappa shape index (κ2) is 6.88. The predicted octanol–water partition coefficient (Wildman–Crippen LogP) is 0.0499. The van der Waals surface area contributed by atoms with Crippen LogP contribution in [-0.4, -0.2) is 51.6 Å². The number of carbonyl (C=O) groups is 3. The Kier molecular flexibility index (Phi) is 5.08. The maximum Gasteiger partial charge on any atom is 0.326 e. The molecule has 1 aromatic rings. The highest BCUT2D eigenvalue weighted by Crippen LogP contribution is 2.26. The number of carbonyl (C=O) groups excluding carboxylic acids is 3. The van der Waals surface area contributed by atoms with E-state index in [1.807, 2.05) is 0 Å². The molecule has 0 aromatic heterocycles. The molecule has 0 radical (unpaired) electrons. The van der Waals surface area contributed by atoms with E-state index in [-0.39, 0.29) is 55.7 Å². The van der Waals surface area contributed by atoms with Gasteiger partial charge in [-0.2, -0.15) is 0 Å². The molecule has 0 saturated carbocycles. The number of likely N-dealkylation sites (tertiary alicyclic amines) is 1. The van der Waals surface area contributed by atoms with Crippen LogP contribution in [0.25, 0.3) is 0 Å². The van der Waals surface area contributed by atoms with E-state index in [1.165, 1.54) is 25.1 Å². The van der Waals surface area contributed by atoms with E-state index < -0.39 is 11.5 Å². The normalized spacial score (nSPS) is 17.0. The van der Waals surface area contributed by atoms with Crippen molar-refractivity contribution in [2.75, 3.05) is 13.2 Å². The summed E-state index contributed by atoms with van der Waals surface area (Å²) in [5.74, 6) is -1.80. The molecule has 2 amide bonds. The summed E-state index contributed by atoms with van der Waals surface area (Å²) < 4.78 is 5.07. The number of benzene rings is 1. The van der Waals surface area contributed by atoms with Gasteiger partial charge in [-0.1, -0.05) is 6.07 Å². The zero-order valence-corrected chi connectivity index (χ0v) is 13.3. The van der Waals surface area contributed by atoms with Crippen LogP contribution in [0.15, 0.2) is 18.2 Å². The van der Waals surface area contributed by atoms with Gasteiger partial charge in [-0.25, -0.2) is 0 Å². The lowest BCUT2D eigenvalue weighted by Crippen LogP contribution is -2.48. The number of esters is 1. The fourth-order valence-corrected chi connectivity index (χ4v) is 2.44. The number of phenolic OH excluding ortho intramolecular Hbond substituents is 2. The first kappa shape index (κ1) is 17.7. The molecule has 0 aliphatic carbocycles. The van der Waals surface area contributed by atoms with Gasteiger partial charge in [-0.3, -0.25) is 19.3 Å². The van der Waals surface area contributed by atoms with Crippen LogP contribution in [0, 0.1) is 0 Å². The number of nitrogens with zero attached hydrogens (tertiary/aromatic N) is 1. The predicted molar refractivity (Wildman–Crippen MR) is 83.0 cm³/mol. The van der Waals surface area contributed by atoms with E-state index >= 15 is 0 Å². The van der Waals surface area contributed by atoms with Gasteiger partial charge in [0.05, 0.1) is 6.54 Å². The van der Waals surface area contributed by atoms with Crippen molar-refractivity contribution in [2.45, 2.75) is 31.7 Å². The standard InChI is InChI=1S/C16H20N2O6/c1-16(17,9-10-2-3-11(19)12(20)8-10)15(23)24-7-6-18-13(21)4-5-14(18)22/h2-3,8,19-20H,4-7,9,17H2,1H3/t16-/m0/s1. The Morgan fingerprint density at radius 3 is 2.46 bits per heavy atom. The van der Waals surface area contributed by atoms with Gasteiger partial charge in [0.25, 0.3) is 0 Å². The first-order chi connectivity index (χ1) is 11.2. The van der Waals surface area contributed by atoms with Crippen molar-refractivity contribution in [3.05, 3.63) is 23.8 Å². The molecule has 24 heavy (non-hydrogen) atoms. The molecular weight excluding hydrogens is 316 g/mol. The van der Waals surface area contributed by atoms with E-state index in [2.05, 4.69) is 0 Å². The third-order valence-corrected chi connectivity index (χ3v) is 3.78. The zero-order valence-electron chi connectivity index (χ0n) is 13.3. The number of rotatable bonds is 6. The molecular formula is C16H20N2O6. The molecule has 1 atom stereocenters. The van der Waals surface area contributed by atoms with E-state index in [1.54, 1.807) is 0 Å². The highest BCUT2D eigenvalue weighted by Gasteiger charge is 2.32. The topological polar surface area (TPSA) is 130 Å². The van der Waals surface area contributed by atoms with Crippen molar-refractivity contribution in [2.24, 2.45) is 5.73 Å². The number of hydrogen-bond donors (Lipinski definition) is 3. The molecule has 1 saturated heterocycles. The third kappa shape index (κ3) is 4.02. The summed E-state index contributed by atoms with van der Waals surface area (Å²) in [5.41, 5.74) is 5.16. The Labute approximate surface area is 138 Å². The van der Waals surface area contributed by atoms with Gasteiger partial charge in [-0.05, 0) is 24.6 Å². The average Bonchev–Trinajstić information content (AvgIpc) is 2.82. The SMILES string of the molecule is C[C@](N)(Cc1ccc(O)c(O)c1)C(=O)OCCN1C(=O)CCC1=O. The van der Waals surface area contributed by atoms with Crippen LogP contribution in [0.5, 0.6) is 11.5 Å². The molecule has 1 heterocycles. The van der Waals surface area contributed by atoms with Crippen molar-refractivity contribution >= 4 is 17.8 Å². The Balaban J connectivity index is 1.89. The molecule has 8 heteroatoms. The van der Waals surface area contributed by atoms with E-state index in [9.17, 15) is 24.6 Å². The van der Waals surface area contributed by atoms with Crippen molar-refractivity contribution in [3.63, 3.8) is 0 Å². The number of hydrogen-bond acceptors (Lipinski definition) is 7. The number of phenols is 2. The summed E-state index contributed by atoms with van der Waals surface area (Å²) in [6.45, 7) is 1.37. The quantitative estimate of drug-likeness (QED) is 0.380. The van der Waals surface area contributed by atoms with Crippen LogP contribution in [0.1, 0.15) is 25.3 Å². The van der Waals surface area contributed by atoms with Gasteiger partial charge in [0, 0.05) is 19.3 Å². The summed E-state index contributed by atoms with van der Waals surface area (Å²) >= 11 is 0. The molecule has 4 N–H and O–H groups in total. The number of imide groups is 1. The van der Waals surface area contributed by atoms with Crippen LogP contribution in [0.3, 0.4) is 0 Å². The Morgan fingerprint density at radius 2 is 1.88 bits per heavy atom. The van der Waals surface area contributed by atoms with Crippen molar-refractivity contribution in [3.8, 4) is 11.5 Å². The van der Waals surface area contributed by atoms with Crippen LogP contribution < -0.4 is 5.73 Å². The van der Waals surface area contributed by atoms with Crippen LogP contribution >= 0.6 is 0 Å². The van der Waals surface area contributed by atoms with E-state index in [0.29, 0.717) is 5.56 Å². The first-order valence-corrected chi connectivity index (χ1v) is 7.51. The maximum atomic E-state index is 12.1. The second-order valence-corrected chi connectivity index (χ2v) is 5.99. The molecule has 0 unspecified atom stereocenters. The smallest absolute Gasteiger partial charge is 0.326 e. The lowest BCUT2D eigenvalue weighted by Gasteiger charge is -2.23. The Morgan fingerprint density at radius 1 is 1.25 bits per heavy atom. The molecule has 8 nitrogen and oxygen atoms in total. The fourth-order valence-electron chi connectivity index (χ4n) is 2.44. The molecule has 130 valence electrons. The first-order valence-electron chi connectivity index (χ1n) is 7.51. The number of ether oxygens (including phenoxy) is 1. The van der Waals surface area contributed by atoms with Crippen molar-refractivity contribution in [1.29, 1.82) is 0 Å². The van der Waals surface area contributed by atoms with Gasteiger partial charge >= 0.3 is 5.97 Å². The lowest BCUT2D eigenvalue weighted by atomic mass is 9.94. The largest absolute Gasteiger partial charge is 0.504 e. The van der Waals surface area contributed by atoms with Gasteiger partial charge in [0.15, 0.2) is 11.5 Å². The zero-order chi connectivity index (χ0) is 17.9. The van der Waals surface area contributed by atoms with E-state index in [4.69, 9.17) is 10.5 Å². The van der Waals surface area contributed by atoms with Gasteiger partial charge in [-0.15, -0.1) is 0 Å². The highest BCUT2D eigenvalue weighted by atomic mass is 16.5. The highest BCUT2D eigenvalue weighted by molar-refractivity contribution is 6.01.